The van der Waals surface area contributed by atoms with Crippen LogP contribution in [0.4, 0.5) is 5.69 Å². The molecule has 0 atom stereocenters. The predicted octanol–water partition coefficient (Wildman–Crippen LogP) is 2.83. The van der Waals surface area contributed by atoms with Gasteiger partial charge < -0.3 is 20.1 Å². The predicted molar refractivity (Wildman–Crippen MR) is 111 cm³/mol. The molecular formula is C21H21ClN2O5. The van der Waals surface area contributed by atoms with Crippen molar-refractivity contribution in [1.29, 1.82) is 0 Å². The minimum absolute atomic E-state index is 0.111. The van der Waals surface area contributed by atoms with Crippen molar-refractivity contribution in [3.63, 3.8) is 0 Å². The van der Waals surface area contributed by atoms with Crippen LogP contribution in [0.3, 0.4) is 0 Å². The van der Waals surface area contributed by atoms with Crippen molar-refractivity contribution in [2.24, 2.45) is 0 Å². The van der Waals surface area contributed by atoms with Gasteiger partial charge in [0.2, 0.25) is 11.8 Å². The maximum atomic E-state index is 12.1. The third kappa shape index (κ3) is 7.31. The highest BCUT2D eigenvalue weighted by Gasteiger charge is 2.07. The SMILES string of the molecule is COC(=O)CNC(=O)Cc1ccc(NC(=O)/C=C/c2cc(Cl)ccc2OC)cc1. The molecule has 0 saturated carbocycles. The van der Waals surface area contributed by atoms with E-state index >= 15 is 0 Å². The lowest BCUT2D eigenvalue weighted by Gasteiger charge is -2.07. The summed E-state index contributed by atoms with van der Waals surface area (Å²) in [5.41, 5.74) is 2.00. The number of methoxy groups -OCH3 is 2. The summed E-state index contributed by atoms with van der Waals surface area (Å²) in [4.78, 5) is 34.9. The van der Waals surface area contributed by atoms with E-state index in [0.29, 0.717) is 22.0 Å². The number of anilines is 1. The van der Waals surface area contributed by atoms with Crippen molar-refractivity contribution >= 4 is 41.1 Å². The van der Waals surface area contributed by atoms with Crippen LogP contribution < -0.4 is 15.4 Å². The Morgan fingerprint density at radius 3 is 2.45 bits per heavy atom. The Balaban J connectivity index is 1.90. The fourth-order valence-electron chi connectivity index (χ4n) is 2.38. The summed E-state index contributed by atoms with van der Waals surface area (Å²) in [6, 6.07) is 11.9. The van der Waals surface area contributed by atoms with Crippen molar-refractivity contribution in [3.05, 3.63) is 64.7 Å². The van der Waals surface area contributed by atoms with E-state index in [-0.39, 0.29) is 24.8 Å². The maximum Gasteiger partial charge on any atom is 0.325 e. The normalized spacial score (nSPS) is 10.4. The van der Waals surface area contributed by atoms with Gasteiger partial charge in [-0.3, -0.25) is 14.4 Å². The molecule has 29 heavy (non-hydrogen) atoms. The fourth-order valence-corrected chi connectivity index (χ4v) is 2.56. The van der Waals surface area contributed by atoms with Gasteiger partial charge >= 0.3 is 5.97 Å². The van der Waals surface area contributed by atoms with Crippen LogP contribution in [-0.4, -0.2) is 38.5 Å². The highest BCUT2D eigenvalue weighted by molar-refractivity contribution is 6.30. The van der Waals surface area contributed by atoms with Crippen molar-refractivity contribution in [2.45, 2.75) is 6.42 Å². The average molecular weight is 417 g/mol. The largest absolute Gasteiger partial charge is 0.496 e. The molecule has 0 unspecified atom stereocenters. The van der Waals surface area contributed by atoms with Gasteiger partial charge in [-0.1, -0.05) is 23.7 Å². The first-order chi connectivity index (χ1) is 13.9. The number of amides is 2. The number of esters is 1. The Bertz CT molecular complexity index is 910. The van der Waals surface area contributed by atoms with Gasteiger partial charge in [0.15, 0.2) is 0 Å². The molecule has 0 aliphatic rings. The van der Waals surface area contributed by atoms with E-state index in [1.807, 2.05) is 0 Å². The van der Waals surface area contributed by atoms with Gasteiger partial charge in [-0.15, -0.1) is 0 Å². The molecule has 0 saturated heterocycles. The third-order valence-electron chi connectivity index (χ3n) is 3.85. The first kappa shape index (κ1) is 22.0. The fraction of sp³-hybridized carbons (Fsp3) is 0.190. The summed E-state index contributed by atoms with van der Waals surface area (Å²) in [6.07, 6.45) is 3.10. The van der Waals surface area contributed by atoms with E-state index in [1.165, 1.54) is 20.3 Å². The molecule has 2 amide bonds. The summed E-state index contributed by atoms with van der Waals surface area (Å²) in [6.45, 7) is -0.173. The van der Waals surface area contributed by atoms with Gasteiger partial charge in [0, 0.05) is 22.3 Å². The lowest BCUT2D eigenvalue weighted by atomic mass is 10.1. The van der Waals surface area contributed by atoms with Gasteiger partial charge in [-0.2, -0.15) is 0 Å². The highest BCUT2D eigenvalue weighted by atomic mass is 35.5. The van der Waals surface area contributed by atoms with Crippen molar-refractivity contribution in [2.75, 3.05) is 26.1 Å². The Morgan fingerprint density at radius 2 is 1.79 bits per heavy atom. The maximum absolute atomic E-state index is 12.1. The monoisotopic (exact) mass is 416 g/mol. The highest BCUT2D eigenvalue weighted by Crippen LogP contribution is 2.23. The Kier molecular flexibility index (Phi) is 8.24. The second-order valence-electron chi connectivity index (χ2n) is 5.94. The standard InChI is InChI=1S/C21H21ClN2O5/c1-28-18-9-6-16(22)12-15(18)5-10-19(25)24-17-7-3-14(4-8-17)11-20(26)23-13-21(27)29-2/h3-10,12H,11,13H2,1-2H3,(H,23,26)(H,24,25)/b10-5+. The quantitative estimate of drug-likeness (QED) is 0.509. The smallest absolute Gasteiger partial charge is 0.325 e. The average Bonchev–Trinajstić information content (AvgIpc) is 2.72. The molecule has 0 spiro atoms. The molecule has 0 aliphatic carbocycles. The molecule has 0 radical (unpaired) electrons. The minimum Gasteiger partial charge on any atom is -0.496 e. The minimum atomic E-state index is -0.514. The molecular weight excluding hydrogens is 396 g/mol. The number of carbonyl (C=O) groups excluding carboxylic acids is 3. The molecule has 0 bridgehead atoms. The summed E-state index contributed by atoms with van der Waals surface area (Å²) in [7, 11) is 2.79. The van der Waals surface area contributed by atoms with Crippen LogP contribution in [0, 0.1) is 0 Å². The first-order valence-corrected chi connectivity index (χ1v) is 9.04. The van der Waals surface area contributed by atoms with Crippen LogP contribution in [0.1, 0.15) is 11.1 Å². The van der Waals surface area contributed by atoms with Gasteiger partial charge in [0.1, 0.15) is 12.3 Å². The number of benzene rings is 2. The molecule has 2 aromatic carbocycles. The molecule has 2 aromatic rings. The van der Waals surface area contributed by atoms with Gasteiger partial charge in [-0.05, 0) is 42.0 Å². The Hall–Kier alpha value is -3.32. The van der Waals surface area contributed by atoms with E-state index in [2.05, 4.69) is 15.4 Å². The molecule has 0 aliphatic heterocycles. The second kappa shape index (κ2) is 10.9. The molecule has 8 heteroatoms. The molecule has 7 nitrogen and oxygen atoms in total. The van der Waals surface area contributed by atoms with Crippen LogP contribution in [-0.2, 0) is 25.5 Å². The van der Waals surface area contributed by atoms with E-state index in [1.54, 1.807) is 48.5 Å². The number of nitrogens with one attached hydrogen (secondary N) is 2. The number of ether oxygens (including phenoxy) is 2. The van der Waals surface area contributed by atoms with E-state index in [9.17, 15) is 14.4 Å². The van der Waals surface area contributed by atoms with Crippen molar-refractivity contribution < 1.29 is 23.9 Å². The van der Waals surface area contributed by atoms with Crippen molar-refractivity contribution in [3.8, 4) is 5.75 Å². The number of rotatable bonds is 8. The Labute approximate surface area is 173 Å². The molecule has 0 fully saturated rings. The zero-order valence-corrected chi connectivity index (χ0v) is 16.8. The summed E-state index contributed by atoms with van der Waals surface area (Å²) < 4.78 is 9.69. The zero-order chi connectivity index (χ0) is 21.2. The van der Waals surface area contributed by atoms with E-state index in [0.717, 1.165) is 5.56 Å². The number of carbonyl (C=O) groups is 3. The molecule has 0 heterocycles. The van der Waals surface area contributed by atoms with Gasteiger partial charge in [-0.25, -0.2) is 0 Å². The molecule has 2 N–H and O–H groups in total. The van der Waals surface area contributed by atoms with Crippen LogP contribution in [0.15, 0.2) is 48.5 Å². The zero-order valence-electron chi connectivity index (χ0n) is 16.0. The second-order valence-corrected chi connectivity index (χ2v) is 6.37. The number of hydrogen-bond acceptors (Lipinski definition) is 5. The van der Waals surface area contributed by atoms with Crippen LogP contribution in [0.5, 0.6) is 5.75 Å². The van der Waals surface area contributed by atoms with E-state index in [4.69, 9.17) is 16.3 Å². The van der Waals surface area contributed by atoms with Crippen LogP contribution >= 0.6 is 11.6 Å². The lowest BCUT2D eigenvalue weighted by molar-refractivity contribution is -0.141. The van der Waals surface area contributed by atoms with Gasteiger partial charge in [0.05, 0.1) is 20.6 Å². The van der Waals surface area contributed by atoms with Gasteiger partial charge in [0.25, 0.3) is 0 Å². The Morgan fingerprint density at radius 1 is 1.07 bits per heavy atom. The van der Waals surface area contributed by atoms with E-state index < -0.39 is 5.97 Å². The van der Waals surface area contributed by atoms with Crippen molar-refractivity contribution in [1.82, 2.24) is 5.32 Å². The summed E-state index contributed by atoms with van der Waals surface area (Å²) in [5.74, 6) is -0.533. The molecule has 152 valence electrons. The molecule has 0 aromatic heterocycles. The first-order valence-electron chi connectivity index (χ1n) is 8.66. The molecule has 2 rings (SSSR count). The lowest BCUT2D eigenvalue weighted by Crippen LogP contribution is -2.31. The topological polar surface area (TPSA) is 93.7 Å². The number of halogens is 1. The summed E-state index contributed by atoms with van der Waals surface area (Å²) >= 11 is 5.97. The number of hydrogen-bond donors (Lipinski definition) is 2. The third-order valence-corrected chi connectivity index (χ3v) is 4.08. The van der Waals surface area contributed by atoms with Crippen LogP contribution in [0.25, 0.3) is 6.08 Å². The summed E-state index contributed by atoms with van der Waals surface area (Å²) in [5, 5.41) is 5.73. The van der Waals surface area contributed by atoms with Crippen LogP contribution in [0.2, 0.25) is 5.02 Å².